The molecule has 7 nitrogen and oxygen atoms in total. The minimum atomic E-state index is -1.06. The van der Waals surface area contributed by atoms with Gasteiger partial charge in [-0.3, -0.25) is 14.4 Å². The minimum Gasteiger partial charge on any atom is -0.480 e. The second kappa shape index (κ2) is 14.7. The molecule has 6 rings (SSSR count). The number of nitrogens with one attached hydrogen (secondary N) is 1. The first-order valence-electron chi connectivity index (χ1n) is 16.1. The van der Waals surface area contributed by atoms with Crippen molar-refractivity contribution in [2.45, 2.75) is 32.5 Å². The molecule has 1 aliphatic carbocycles. The number of amides is 1. The number of aliphatic carboxylic acids is 1. The van der Waals surface area contributed by atoms with E-state index in [1.165, 1.54) is 11.8 Å². The summed E-state index contributed by atoms with van der Waals surface area (Å²) in [5, 5.41) is 12.5. The summed E-state index contributed by atoms with van der Waals surface area (Å²) < 4.78 is 0. The highest BCUT2D eigenvalue weighted by atomic mass is 32.2. The number of carboxylic acids is 1. The molecule has 0 saturated heterocycles. The molecule has 0 heterocycles. The van der Waals surface area contributed by atoms with Gasteiger partial charge in [0.15, 0.2) is 11.6 Å². The van der Waals surface area contributed by atoms with E-state index in [9.17, 15) is 24.3 Å². The van der Waals surface area contributed by atoms with Crippen molar-refractivity contribution >= 4 is 40.9 Å². The fraction of sp³-hybridized carbons (Fsp3) is 0.171. The van der Waals surface area contributed by atoms with E-state index in [0.29, 0.717) is 58.6 Å². The third-order valence-corrected chi connectivity index (χ3v) is 9.48. The maximum absolute atomic E-state index is 13.6. The van der Waals surface area contributed by atoms with Crippen LogP contribution in [0.2, 0.25) is 0 Å². The lowest BCUT2D eigenvalue weighted by Gasteiger charge is -2.27. The van der Waals surface area contributed by atoms with E-state index in [-0.39, 0.29) is 11.6 Å². The summed E-state index contributed by atoms with van der Waals surface area (Å²) in [7, 11) is 0. The Balaban J connectivity index is 1.34. The summed E-state index contributed by atoms with van der Waals surface area (Å²) in [6.07, 6.45) is 2.22. The number of carboxylic acid groups (broad SMARTS) is 1. The van der Waals surface area contributed by atoms with Crippen molar-refractivity contribution < 1.29 is 24.3 Å². The number of para-hydroxylation sites is 1. The number of ketones is 2. The molecule has 1 atom stereocenters. The third-order valence-electron chi connectivity index (χ3n) is 8.84. The van der Waals surface area contributed by atoms with E-state index < -0.39 is 17.9 Å². The molecule has 0 spiro atoms. The SMILES string of the molecule is CSCCC(NC(=O)c1ccc(CN(Cc2ccc3c(c2)C(=O)c2ccccc2C3=O)c2ccccc2)cc1-c1ccccc1C)C(=O)O. The van der Waals surface area contributed by atoms with Crippen molar-refractivity contribution in [2.24, 2.45) is 0 Å². The zero-order valence-electron chi connectivity index (χ0n) is 27.3. The van der Waals surface area contributed by atoms with Crippen molar-refractivity contribution in [1.29, 1.82) is 0 Å². The normalized spacial score (nSPS) is 12.5. The number of anilines is 1. The van der Waals surface area contributed by atoms with Gasteiger partial charge < -0.3 is 15.3 Å². The summed E-state index contributed by atoms with van der Waals surface area (Å²) >= 11 is 1.53. The van der Waals surface area contributed by atoms with Gasteiger partial charge in [0.1, 0.15) is 6.04 Å². The topological polar surface area (TPSA) is 104 Å². The minimum absolute atomic E-state index is 0.150. The molecule has 0 aliphatic heterocycles. The van der Waals surface area contributed by atoms with Crippen LogP contribution in [0.5, 0.6) is 0 Å². The summed E-state index contributed by atoms with van der Waals surface area (Å²) in [6, 6.07) is 34.8. The molecule has 49 heavy (non-hydrogen) atoms. The molecule has 5 aromatic rings. The van der Waals surface area contributed by atoms with E-state index in [1.807, 2.05) is 92.0 Å². The molecular formula is C41H36N2O5S. The van der Waals surface area contributed by atoms with E-state index in [0.717, 1.165) is 27.9 Å². The van der Waals surface area contributed by atoms with Gasteiger partial charge in [-0.2, -0.15) is 11.8 Å². The molecule has 1 amide bonds. The maximum atomic E-state index is 13.6. The van der Waals surface area contributed by atoms with Crippen LogP contribution >= 0.6 is 11.8 Å². The lowest BCUT2D eigenvalue weighted by molar-refractivity contribution is -0.139. The third kappa shape index (κ3) is 7.20. The summed E-state index contributed by atoms with van der Waals surface area (Å²) in [6.45, 7) is 2.92. The first-order chi connectivity index (χ1) is 23.7. The molecule has 1 aliphatic rings. The monoisotopic (exact) mass is 668 g/mol. The van der Waals surface area contributed by atoms with Crippen LogP contribution in [0.3, 0.4) is 0 Å². The summed E-state index contributed by atoms with van der Waals surface area (Å²) in [5.74, 6) is -1.20. The van der Waals surface area contributed by atoms with Crippen LogP contribution in [-0.2, 0) is 17.9 Å². The second-order valence-corrected chi connectivity index (χ2v) is 13.1. The standard InChI is InChI=1S/C41H36N2O5S/c1-26-10-6-7-13-30(26)35-22-27(17-19-34(35)40(46)42-37(41(47)48)20-21-49-2)24-43(29-11-4-3-5-12-29)25-28-16-18-33-36(23-28)39(45)32-15-9-8-14-31(32)38(33)44/h3-19,22-23,37H,20-21,24-25H2,1-2H3,(H,42,46)(H,47,48). The predicted octanol–water partition coefficient (Wildman–Crippen LogP) is 7.58. The molecule has 0 bridgehead atoms. The Morgan fingerprint density at radius 3 is 1.88 bits per heavy atom. The van der Waals surface area contributed by atoms with Crippen LogP contribution < -0.4 is 10.2 Å². The number of rotatable bonds is 12. The van der Waals surface area contributed by atoms with Gasteiger partial charge in [-0.05, 0) is 89.6 Å². The van der Waals surface area contributed by atoms with Crippen molar-refractivity contribution in [3.63, 3.8) is 0 Å². The fourth-order valence-electron chi connectivity index (χ4n) is 6.28. The Morgan fingerprint density at radius 1 is 0.694 bits per heavy atom. The molecule has 0 saturated carbocycles. The predicted molar refractivity (Wildman–Crippen MR) is 195 cm³/mol. The van der Waals surface area contributed by atoms with Crippen LogP contribution in [0.15, 0.2) is 115 Å². The van der Waals surface area contributed by atoms with Crippen LogP contribution in [0, 0.1) is 6.92 Å². The van der Waals surface area contributed by atoms with Gasteiger partial charge in [-0.15, -0.1) is 0 Å². The van der Waals surface area contributed by atoms with Gasteiger partial charge in [0, 0.05) is 46.6 Å². The van der Waals surface area contributed by atoms with Crippen LogP contribution in [0.25, 0.3) is 11.1 Å². The van der Waals surface area contributed by atoms with Gasteiger partial charge in [0.25, 0.3) is 5.91 Å². The van der Waals surface area contributed by atoms with E-state index in [4.69, 9.17) is 0 Å². The molecule has 1 unspecified atom stereocenters. The number of carbonyl (C=O) groups is 4. The summed E-state index contributed by atoms with van der Waals surface area (Å²) in [4.78, 5) is 54.4. The van der Waals surface area contributed by atoms with E-state index in [1.54, 1.807) is 36.4 Å². The van der Waals surface area contributed by atoms with Crippen molar-refractivity contribution in [3.05, 3.63) is 160 Å². The fourth-order valence-corrected chi connectivity index (χ4v) is 6.75. The quantitative estimate of drug-likeness (QED) is 0.139. The number of fused-ring (bicyclic) bond motifs is 2. The highest BCUT2D eigenvalue weighted by Gasteiger charge is 2.30. The van der Waals surface area contributed by atoms with Crippen molar-refractivity contribution in [3.8, 4) is 11.1 Å². The Hall–Kier alpha value is -5.47. The van der Waals surface area contributed by atoms with E-state index in [2.05, 4.69) is 10.2 Å². The lowest BCUT2D eigenvalue weighted by atomic mass is 9.83. The van der Waals surface area contributed by atoms with Gasteiger partial charge in [-0.1, -0.05) is 78.9 Å². The number of carbonyl (C=O) groups excluding carboxylic acids is 3. The van der Waals surface area contributed by atoms with Crippen LogP contribution in [0.4, 0.5) is 5.69 Å². The van der Waals surface area contributed by atoms with Crippen LogP contribution in [-0.4, -0.2) is 46.6 Å². The Morgan fingerprint density at radius 2 is 1.24 bits per heavy atom. The Labute approximate surface area is 290 Å². The van der Waals surface area contributed by atoms with Gasteiger partial charge in [-0.25, -0.2) is 4.79 Å². The van der Waals surface area contributed by atoms with E-state index >= 15 is 0 Å². The summed E-state index contributed by atoms with van der Waals surface area (Å²) in [5.41, 5.74) is 7.43. The second-order valence-electron chi connectivity index (χ2n) is 12.1. The number of thioether (sulfide) groups is 1. The molecule has 0 radical (unpaired) electrons. The highest BCUT2D eigenvalue weighted by Crippen LogP contribution is 2.32. The first-order valence-corrected chi connectivity index (χ1v) is 17.5. The zero-order valence-corrected chi connectivity index (χ0v) is 28.1. The molecule has 8 heteroatoms. The molecule has 246 valence electrons. The zero-order chi connectivity index (χ0) is 34.5. The highest BCUT2D eigenvalue weighted by molar-refractivity contribution is 7.98. The first kappa shape index (κ1) is 33.4. The Bertz CT molecular complexity index is 2060. The van der Waals surface area contributed by atoms with Crippen molar-refractivity contribution in [2.75, 3.05) is 16.9 Å². The lowest BCUT2D eigenvalue weighted by Crippen LogP contribution is -2.41. The average molecular weight is 669 g/mol. The smallest absolute Gasteiger partial charge is 0.326 e. The number of hydrogen-bond donors (Lipinski definition) is 2. The molecule has 2 N–H and O–H groups in total. The Kier molecular flexibility index (Phi) is 10.1. The number of nitrogens with zero attached hydrogens (tertiary/aromatic N) is 1. The molecule has 5 aromatic carbocycles. The molecule has 0 fully saturated rings. The van der Waals surface area contributed by atoms with Gasteiger partial charge in [0.05, 0.1) is 0 Å². The number of benzene rings is 5. The van der Waals surface area contributed by atoms with Crippen molar-refractivity contribution in [1.82, 2.24) is 5.32 Å². The number of hydrogen-bond acceptors (Lipinski definition) is 6. The largest absolute Gasteiger partial charge is 0.480 e. The maximum Gasteiger partial charge on any atom is 0.326 e. The number of aryl methyl sites for hydroxylation is 1. The molecular weight excluding hydrogens is 633 g/mol. The molecule has 0 aromatic heterocycles. The van der Waals surface area contributed by atoms with Gasteiger partial charge in [0.2, 0.25) is 0 Å². The van der Waals surface area contributed by atoms with Crippen LogP contribution in [0.1, 0.15) is 65.3 Å². The average Bonchev–Trinajstić information content (AvgIpc) is 3.12. The van der Waals surface area contributed by atoms with Gasteiger partial charge >= 0.3 is 5.97 Å².